The standard InChI is InChI=1S/C8H6N2O2S/c1-5-10-7(4-12-5)8-9-2-6(3-11)13-8/h2-4H,1H3. The van der Waals surface area contributed by atoms with Gasteiger partial charge in [0.05, 0.1) is 4.88 Å². The Labute approximate surface area is 78.3 Å². The van der Waals surface area contributed by atoms with Gasteiger partial charge in [-0.3, -0.25) is 4.79 Å². The average molecular weight is 194 g/mol. The summed E-state index contributed by atoms with van der Waals surface area (Å²) in [5.41, 5.74) is 0.676. The van der Waals surface area contributed by atoms with E-state index in [2.05, 4.69) is 9.97 Å². The van der Waals surface area contributed by atoms with Gasteiger partial charge in [0.2, 0.25) is 0 Å². The number of aryl methyl sites for hydroxylation is 1. The zero-order valence-electron chi connectivity index (χ0n) is 6.85. The number of aromatic nitrogens is 2. The molecule has 0 aliphatic heterocycles. The van der Waals surface area contributed by atoms with Gasteiger partial charge >= 0.3 is 0 Å². The topological polar surface area (TPSA) is 56.0 Å². The van der Waals surface area contributed by atoms with E-state index in [4.69, 9.17) is 4.42 Å². The minimum atomic E-state index is 0.593. The number of carbonyl (C=O) groups is 1. The van der Waals surface area contributed by atoms with Crippen LogP contribution < -0.4 is 0 Å². The second-order valence-electron chi connectivity index (χ2n) is 2.44. The van der Waals surface area contributed by atoms with Crippen LogP contribution in [0.5, 0.6) is 0 Å². The molecule has 0 aliphatic carbocycles. The molecule has 4 nitrogen and oxygen atoms in total. The van der Waals surface area contributed by atoms with E-state index < -0.39 is 0 Å². The lowest BCUT2D eigenvalue weighted by Gasteiger charge is -1.82. The number of rotatable bonds is 2. The summed E-state index contributed by atoms with van der Waals surface area (Å²) in [6.07, 6.45) is 3.83. The van der Waals surface area contributed by atoms with Crippen LogP contribution in [0.1, 0.15) is 15.6 Å². The molecule has 5 heteroatoms. The van der Waals surface area contributed by atoms with Crippen molar-refractivity contribution in [2.45, 2.75) is 6.92 Å². The lowest BCUT2D eigenvalue weighted by atomic mass is 10.5. The molecule has 66 valence electrons. The summed E-state index contributed by atoms with van der Waals surface area (Å²) in [6.45, 7) is 1.76. The predicted octanol–water partition coefficient (Wildman–Crippen LogP) is 1.92. The summed E-state index contributed by atoms with van der Waals surface area (Å²) in [5, 5.41) is 0.707. The van der Waals surface area contributed by atoms with E-state index in [-0.39, 0.29) is 0 Å². The van der Waals surface area contributed by atoms with Gasteiger partial charge in [-0.25, -0.2) is 9.97 Å². The molecule has 13 heavy (non-hydrogen) atoms. The van der Waals surface area contributed by atoms with Crippen molar-refractivity contribution in [3.63, 3.8) is 0 Å². The highest BCUT2D eigenvalue weighted by Crippen LogP contribution is 2.23. The molecule has 0 saturated heterocycles. The first-order valence-corrected chi connectivity index (χ1v) is 4.45. The summed E-state index contributed by atoms with van der Waals surface area (Å²) in [7, 11) is 0. The average Bonchev–Trinajstić information content (AvgIpc) is 2.71. The van der Waals surface area contributed by atoms with Crippen LogP contribution in [0.15, 0.2) is 16.9 Å². The molecular weight excluding hydrogens is 188 g/mol. The molecule has 0 aromatic carbocycles. The van der Waals surface area contributed by atoms with Crippen LogP contribution in [0.4, 0.5) is 0 Å². The zero-order chi connectivity index (χ0) is 9.26. The highest BCUT2D eigenvalue weighted by Gasteiger charge is 2.07. The summed E-state index contributed by atoms with van der Waals surface area (Å²) < 4.78 is 5.03. The number of carbonyl (C=O) groups excluding carboxylic acids is 1. The Morgan fingerprint density at radius 1 is 1.62 bits per heavy atom. The molecule has 2 aromatic heterocycles. The fourth-order valence-corrected chi connectivity index (χ4v) is 1.60. The normalized spacial score (nSPS) is 10.2. The van der Waals surface area contributed by atoms with Crippen LogP contribution in [0.25, 0.3) is 10.7 Å². The third-order valence-corrected chi connectivity index (χ3v) is 2.42. The Bertz CT molecular complexity index is 433. The number of hydrogen-bond donors (Lipinski definition) is 0. The van der Waals surface area contributed by atoms with Gasteiger partial charge in [-0.1, -0.05) is 0 Å². The smallest absolute Gasteiger partial charge is 0.191 e. The zero-order valence-corrected chi connectivity index (χ0v) is 7.67. The first kappa shape index (κ1) is 8.12. The van der Waals surface area contributed by atoms with Gasteiger partial charge in [-0.15, -0.1) is 11.3 Å². The molecule has 0 radical (unpaired) electrons. The number of oxazole rings is 1. The predicted molar refractivity (Wildman–Crippen MR) is 47.7 cm³/mol. The van der Waals surface area contributed by atoms with E-state index in [9.17, 15) is 4.79 Å². The van der Waals surface area contributed by atoms with Crippen LogP contribution >= 0.6 is 11.3 Å². The molecule has 0 amide bonds. The summed E-state index contributed by atoms with van der Waals surface area (Å²) >= 11 is 1.30. The lowest BCUT2D eigenvalue weighted by molar-refractivity contribution is 0.112. The first-order valence-electron chi connectivity index (χ1n) is 3.63. The molecule has 0 N–H and O–H groups in total. The maximum Gasteiger partial charge on any atom is 0.191 e. The molecule has 2 rings (SSSR count). The van der Waals surface area contributed by atoms with Gasteiger partial charge in [-0.2, -0.15) is 0 Å². The first-order chi connectivity index (χ1) is 6.29. The summed E-state index contributed by atoms with van der Waals surface area (Å²) in [6, 6.07) is 0. The van der Waals surface area contributed by atoms with Crippen LogP contribution in [-0.4, -0.2) is 16.3 Å². The lowest BCUT2D eigenvalue weighted by Crippen LogP contribution is -1.74. The van der Waals surface area contributed by atoms with E-state index >= 15 is 0 Å². The van der Waals surface area contributed by atoms with Crippen LogP contribution in [0.2, 0.25) is 0 Å². The van der Waals surface area contributed by atoms with Gasteiger partial charge in [0.15, 0.2) is 12.2 Å². The molecule has 2 aromatic rings. The van der Waals surface area contributed by atoms with Crippen LogP contribution in [0.3, 0.4) is 0 Å². The molecule has 0 spiro atoms. The van der Waals surface area contributed by atoms with Crippen LogP contribution in [-0.2, 0) is 0 Å². The minimum Gasteiger partial charge on any atom is -0.449 e. The highest BCUT2D eigenvalue weighted by atomic mass is 32.1. The second kappa shape index (κ2) is 3.10. The largest absolute Gasteiger partial charge is 0.449 e. The van der Waals surface area contributed by atoms with Crippen molar-refractivity contribution in [3.05, 3.63) is 23.2 Å². The summed E-state index contributed by atoms with van der Waals surface area (Å²) in [4.78, 5) is 19.1. The second-order valence-corrected chi connectivity index (χ2v) is 3.50. The maximum absolute atomic E-state index is 10.4. The van der Waals surface area contributed by atoms with Crippen molar-refractivity contribution >= 4 is 17.6 Å². The van der Waals surface area contributed by atoms with Gasteiger partial charge in [0.25, 0.3) is 0 Å². The van der Waals surface area contributed by atoms with E-state index in [1.807, 2.05) is 0 Å². The van der Waals surface area contributed by atoms with E-state index in [1.165, 1.54) is 23.8 Å². The fraction of sp³-hybridized carbons (Fsp3) is 0.125. The van der Waals surface area contributed by atoms with Crippen molar-refractivity contribution in [1.82, 2.24) is 9.97 Å². The van der Waals surface area contributed by atoms with Crippen LogP contribution in [0, 0.1) is 6.92 Å². The molecule has 0 fully saturated rings. The third kappa shape index (κ3) is 1.50. The van der Waals surface area contributed by atoms with E-state index in [0.29, 0.717) is 21.5 Å². The molecular formula is C8H6N2O2S. The molecule has 0 unspecified atom stereocenters. The Morgan fingerprint density at radius 2 is 2.46 bits per heavy atom. The molecule has 0 bridgehead atoms. The Morgan fingerprint density at radius 3 is 3.00 bits per heavy atom. The molecule has 2 heterocycles. The van der Waals surface area contributed by atoms with Crippen molar-refractivity contribution in [2.24, 2.45) is 0 Å². The Kier molecular flexibility index (Phi) is 1.94. The van der Waals surface area contributed by atoms with Gasteiger partial charge < -0.3 is 4.42 Å². The number of thiazole rings is 1. The van der Waals surface area contributed by atoms with Gasteiger partial charge in [-0.05, 0) is 0 Å². The SMILES string of the molecule is Cc1nc(-c2ncc(C=O)s2)co1. The molecule has 0 aliphatic rings. The maximum atomic E-state index is 10.4. The fourth-order valence-electron chi connectivity index (χ4n) is 0.921. The third-order valence-electron chi connectivity index (χ3n) is 1.48. The number of hydrogen-bond acceptors (Lipinski definition) is 5. The van der Waals surface area contributed by atoms with Crippen molar-refractivity contribution in [1.29, 1.82) is 0 Å². The van der Waals surface area contributed by atoms with Gasteiger partial charge in [0.1, 0.15) is 17.0 Å². The summed E-state index contributed by atoms with van der Waals surface area (Å²) in [5.74, 6) is 0.595. The Hall–Kier alpha value is -1.49. The Balaban J connectivity index is 2.40. The van der Waals surface area contributed by atoms with Crippen molar-refractivity contribution in [3.8, 4) is 10.7 Å². The monoisotopic (exact) mass is 194 g/mol. The number of aldehydes is 1. The molecule has 0 saturated carbocycles. The van der Waals surface area contributed by atoms with E-state index in [0.717, 1.165) is 6.29 Å². The van der Waals surface area contributed by atoms with Crippen molar-refractivity contribution in [2.75, 3.05) is 0 Å². The van der Waals surface area contributed by atoms with Crippen molar-refractivity contribution < 1.29 is 9.21 Å². The minimum absolute atomic E-state index is 0.593. The van der Waals surface area contributed by atoms with E-state index in [1.54, 1.807) is 6.92 Å². The highest BCUT2D eigenvalue weighted by molar-refractivity contribution is 7.16. The quantitative estimate of drug-likeness (QED) is 0.685. The number of nitrogens with zero attached hydrogens (tertiary/aromatic N) is 2. The molecule has 0 atom stereocenters. The van der Waals surface area contributed by atoms with Gasteiger partial charge in [0, 0.05) is 13.1 Å².